The van der Waals surface area contributed by atoms with E-state index in [-0.39, 0.29) is 10.8 Å². The molecule has 0 aliphatic carbocycles. The molecule has 2 N–H and O–H groups in total. The number of benzene rings is 1. The highest BCUT2D eigenvalue weighted by atomic mass is 16.5. The fraction of sp³-hybridized carbons (Fsp3) is 0.667. The fourth-order valence-corrected chi connectivity index (χ4v) is 2.36. The first kappa shape index (κ1) is 19.1. The minimum Gasteiger partial charge on any atom is -0.494 e. The van der Waals surface area contributed by atoms with Crippen LogP contribution in [0, 0.1) is 0 Å². The standard InChI is InChI=1S/C18H31BO3/c1-8-10-22-16-14(17(3,4)5)11-13(18(6,7)9-2)12-15(16)19(20)21/h11-12,20-21H,8-10H2,1-7H3. The van der Waals surface area contributed by atoms with Gasteiger partial charge in [0, 0.05) is 5.46 Å². The van der Waals surface area contributed by atoms with E-state index >= 15 is 0 Å². The average molecular weight is 306 g/mol. The van der Waals surface area contributed by atoms with Crippen LogP contribution in [0.25, 0.3) is 0 Å². The lowest BCUT2D eigenvalue weighted by molar-refractivity contribution is 0.308. The molecule has 0 aliphatic heterocycles. The molecular weight excluding hydrogens is 275 g/mol. The summed E-state index contributed by atoms with van der Waals surface area (Å²) in [6, 6.07) is 4.05. The monoisotopic (exact) mass is 306 g/mol. The van der Waals surface area contributed by atoms with Crippen molar-refractivity contribution in [2.75, 3.05) is 6.61 Å². The molecule has 3 nitrogen and oxygen atoms in total. The molecule has 0 aromatic heterocycles. The van der Waals surface area contributed by atoms with Crippen molar-refractivity contribution in [1.82, 2.24) is 0 Å². The van der Waals surface area contributed by atoms with Crippen molar-refractivity contribution in [2.45, 2.75) is 72.1 Å². The van der Waals surface area contributed by atoms with Gasteiger partial charge < -0.3 is 14.8 Å². The van der Waals surface area contributed by atoms with Crippen molar-refractivity contribution in [2.24, 2.45) is 0 Å². The maximum Gasteiger partial charge on any atom is 0.492 e. The van der Waals surface area contributed by atoms with Crippen LogP contribution in [0.1, 0.15) is 72.4 Å². The number of rotatable bonds is 6. The smallest absolute Gasteiger partial charge is 0.492 e. The highest BCUT2D eigenvalue weighted by molar-refractivity contribution is 6.59. The van der Waals surface area contributed by atoms with E-state index < -0.39 is 7.12 Å². The minimum absolute atomic E-state index is 0.0209. The molecule has 4 heteroatoms. The van der Waals surface area contributed by atoms with E-state index in [0.29, 0.717) is 17.8 Å². The third-order valence-electron chi connectivity index (χ3n) is 4.32. The Bertz CT molecular complexity index is 502. The molecule has 1 aromatic carbocycles. The molecule has 0 bridgehead atoms. The Morgan fingerprint density at radius 1 is 1.05 bits per heavy atom. The zero-order valence-corrected chi connectivity index (χ0v) is 15.2. The number of ether oxygens (including phenoxy) is 1. The van der Waals surface area contributed by atoms with Gasteiger partial charge in [-0.1, -0.05) is 60.6 Å². The van der Waals surface area contributed by atoms with Crippen molar-refractivity contribution < 1.29 is 14.8 Å². The third-order valence-corrected chi connectivity index (χ3v) is 4.32. The molecule has 0 fully saturated rings. The molecule has 22 heavy (non-hydrogen) atoms. The maximum absolute atomic E-state index is 9.83. The van der Waals surface area contributed by atoms with Crippen LogP contribution in [0.3, 0.4) is 0 Å². The van der Waals surface area contributed by atoms with Crippen LogP contribution in [0.15, 0.2) is 12.1 Å². The lowest BCUT2D eigenvalue weighted by Crippen LogP contribution is -2.35. The van der Waals surface area contributed by atoms with Gasteiger partial charge in [0.05, 0.1) is 6.61 Å². The summed E-state index contributed by atoms with van der Waals surface area (Å²) < 4.78 is 5.89. The molecule has 1 rings (SSSR count). The van der Waals surface area contributed by atoms with Crippen LogP contribution in [-0.2, 0) is 10.8 Å². The van der Waals surface area contributed by atoms with Crippen LogP contribution in [0.5, 0.6) is 5.75 Å². The normalized spacial score (nSPS) is 12.4. The second-order valence-corrected chi connectivity index (χ2v) is 7.65. The topological polar surface area (TPSA) is 49.7 Å². The van der Waals surface area contributed by atoms with Gasteiger partial charge in [-0.25, -0.2) is 0 Å². The minimum atomic E-state index is -1.53. The molecule has 0 atom stereocenters. The summed E-state index contributed by atoms with van der Waals surface area (Å²) in [6.07, 6.45) is 1.86. The van der Waals surface area contributed by atoms with Gasteiger partial charge in [-0.05, 0) is 34.8 Å². The van der Waals surface area contributed by atoms with E-state index in [0.717, 1.165) is 24.0 Å². The second-order valence-electron chi connectivity index (χ2n) is 7.65. The Hall–Kier alpha value is -0.995. The Kier molecular flexibility index (Phi) is 6.11. The quantitative estimate of drug-likeness (QED) is 0.794. The summed E-state index contributed by atoms with van der Waals surface area (Å²) >= 11 is 0. The van der Waals surface area contributed by atoms with Gasteiger partial charge in [0.2, 0.25) is 0 Å². The first-order chi connectivity index (χ1) is 10.0. The molecule has 0 saturated heterocycles. The summed E-state index contributed by atoms with van der Waals surface area (Å²) in [6.45, 7) is 15.5. The van der Waals surface area contributed by atoms with Crippen molar-refractivity contribution in [3.05, 3.63) is 23.3 Å². The third kappa shape index (κ3) is 4.27. The predicted octanol–water partition coefficient (Wildman–Crippen LogP) is 3.14. The molecule has 0 radical (unpaired) electrons. The molecule has 124 valence electrons. The van der Waals surface area contributed by atoms with Crippen molar-refractivity contribution in [3.8, 4) is 5.75 Å². The van der Waals surface area contributed by atoms with Gasteiger partial charge in [0.1, 0.15) is 5.75 Å². The molecule has 0 spiro atoms. The van der Waals surface area contributed by atoms with E-state index in [4.69, 9.17) is 4.74 Å². The summed E-state index contributed by atoms with van der Waals surface area (Å²) in [5.41, 5.74) is 2.46. The van der Waals surface area contributed by atoms with E-state index in [1.54, 1.807) is 0 Å². The molecular formula is C18H31BO3. The lowest BCUT2D eigenvalue weighted by atomic mass is 9.70. The predicted molar refractivity (Wildman–Crippen MR) is 94.1 cm³/mol. The van der Waals surface area contributed by atoms with Crippen LogP contribution in [-0.4, -0.2) is 23.8 Å². The average Bonchev–Trinajstić information content (AvgIpc) is 2.42. The van der Waals surface area contributed by atoms with E-state index in [9.17, 15) is 10.0 Å². The maximum atomic E-state index is 9.83. The first-order valence-corrected chi connectivity index (χ1v) is 8.22. The molecule has 0 heterocycles. The molecule has 0 unspecified atom stereocenters. The summed E-state index contributed by atoms with van der Waals surface area (Å²) in [5.74, 6) is 0.625. The van der Waals surface area contributed by atoms with Gasteiger partial charge in [-0.2, -0.15) is 0 Å². The van der Waals surface area contributed by atoms with E-state index in [1.807, 2.05) is 13.0 Å². The van der Waals surface area contributed by atoms with Crippen LogP contribution in [0.4, 0.5) is 0 Å². The summed E-state index contributed by atoms with van der Waals surface area (Å²) in [4.78, 5) is 0. The second kappa shape index (κ2) is 7.05. The van der Waals surface area contributed by atoms with Crippen molar-refractivity contribution >= 4 is 12.6 Å². The molecule has 0 saturated carbocycles. The SMILES string of the molecule is CCCOc1c(B(O)O)cc(C(C)(C)CC)cc1C(C)(C)C. The van der Waals surface area contributed by atoms with Gasteiger partial charge in [-0.3, -0.25) is 0 Å². The fourth-order valence-electron chi connectivity index (χ4n) is 2.36. The van der Waals surface area contributed by atoms with Crippen molar-refractivity contribution in [1.29, 1.82) is 0 Å². The van der Waals surface area contributed by atoms with E-state index in [1.165, 1.54) is 0 Å². The zero-order chi connectivity index (χ0) is 17.1. The summed E-state index contributed by atoms with van der Waals surface area (Å²) in [5, 5.41) is 19.7. The van der Waals surface area contributed by atoms with Crippen molar-refractivity contribution in [3.63, 3.8) is 0 Å². The summed E-state index contributed by atoms with van der Waals surface area (Å²) in [7, 11) is -1.53. The lowest BCUT2D eigenvalue weighted by Gasteiger charge is -2.30. The van der Waals surface area contributed by atoms with Crippen LogP contribution < -0.4 is 10.2 Å². The Labute approximate surface area is 135 Å². The van der Waals surface area contributed by atoms with Crippen LogP contribution >= 0.6 is 0 Å². The molecule has 0 aliphatic rings. The first-order valence-electron chi connectivity index (χ1n) is 8.22. The Morgan fingerprint density at radius 3 is 2.05 bits per heavy atom. The number of hydrogen-bond acceptors (Lipinski definition) is 3. The van der Waals surface area contributed by atoms with Gasteiger partial charge >= 0.3 is 7.12 Å². The highest BCUT2D eigenvalue weighted by Gasteiger charge is 2.30. The Morgan fingerprint density at radius 2 is 1.64 bits per heavy atom. The zero-order valence-electron chi connectivity index (χ0n) is 15.2. The van der Waals surface area contributed by atoms with Gasteiger partial charge in [0.25, 0.3) is 0 Å². The molecule has 0 amide bonds. The van der Waals surface area contributed by atoms with Gasteiger partial charge in [0.15, 0.2) is 0 Å². The number of hydrogen-bond donors (Lipinski definition) is 2. The highest BCUT2D eigenvalue weighted by Crippen LogP contribution is 2.36. The van der Waals surface area contributed by atoms with E-state index in [2.05, 4.69) is 47.6 Å². The van der Waals surface area contributed by atoms with Crippen LogP contribution in [0.2, 0.25) is 0 Å². The molecule has 1 aromatic rings. The Balaban J connectivity index is 3.60. The largest absolute Gasteiger partial charge is 0.494 e. The van der Waals surface area contributed by atoms with Gasteiger partial charge in [-0.15, -0.1) is 0 Å².